The van der Waals surface area contributed by atoms with Gasteiger partial charge in [-0.3, -0.25) is 9.36 Å². The molecule has 0 N–H and O–H groups in total. The number of carbonyl (C=O) groups excluding carboxylic acids is 1. The summed E-state index contributed by atoms with van der Waals surface area (Å²) < 4.78 is 17.7. The monoisotopic (exact) mass is 368 g/mol. The van der Waals surface area contributed by atoms with Crippen molar-refractivity contribution in [2.45, 2.75) is 19.5 Å². The number of amides is 1. The van der Waals surface area contributed by atoms with Crippen LogP contribution in [0.1, 0.15) is 18.5 Å². The van der Waals surface area contributed by atoms with Gasteiger partial charge in [-0.1, -0.05) is 18.2 Å². The Labute approximate surface area is 155 Å². The number of benzene rings is 2. The fourth-order valence-corrected chi connectivity index (χ4v) is 3.32. The van der Waals surface area contributed by atoms with Gasteiger partial charge in [0.15, 0.2) is 17.1 Å². The number of hydrogen-bond acceptors (Lipinski definition) is 5. The lowest BCUT2D eigenvalue weighted by atomic mass is 10.1. The number of hydrogen-bond donors (Lipinski definition) is 0. The van der Waals surface area contributed by atoms with Crippen molar-refractivity contribution in [3.63, 3.8) is 0 Å². The minimum atomic E-state index is -0.677. The average Bonchev–Trinajstić information content (AvgIpc) is 3.02. The third kappa shape index (κ3) is 3.16. The molecule has 1 atom stereocenters. The second-order valence-electron chi connectivity index (χ2n) is 6.55. The molecular weight excluding hydrogens is 348 g/mol. The van der Waals surface area contributed by atoms with Crippen LogP contribution in [-0.2, 0) is 11.3 Å². The summed E-state index contributed by atoms with van der Waals surface area (Å²) in [6.45, 7) is 3.14. The van der Waals surface area contributed by atoms with E-state index >= 15 is 0 Å². The molecule has 3 aromatic rings. The molecule has 0 spiro atoms. The van der Waals surface area contributed by atoms with Crippen LogP contribution in [0.2, 0.25) is 0 Å². The summed E-state index contributed by atoms with van der Waals surface area (Å²) in [5.41, 5.74) is 2.00. The van der Waals surface area contributed by atoms with E-state index in [1.165, 1.54) is 4.57 Å². The standard InChI is InChI=1S/C20H20N2O5/c1-13(22-15-5-3-4-6-16(15)27-20(22)24)19(23)21(2)12-14-7-8-17-18(11-14)26-10-9-25-17/h3-8,11,13H,9-10,12H2,1-2H3. The summed E-state index contributed by atoms with van der Waals surface area (Å²) in [6.07, 6.45) is 0. The van der Waals surface area contributed by atoms with Crippen LogP contribution in [0.15, 0.2) is 51.7 Å². The molecule has 140 valence electrons. The van der Waals surface area contributed by atoms with Crippen LogP contribution in [0.25, 0.3) is 11.1 Å². The minimum Gasteiger partial charge on any atom is -0.486 e. The summed E-state index contributed by atoms with van der Waals surface area (Å²) >= 11 is 0. The lowest BCUT2D eigenvalue weighted by Gasteiger charge is -2.23. The van der Waals surface area contributed by atoms with Crippen LogP contribution in [0.3, 0.4) is 0 Å². The van der Waals surface area contributed by atoms with Gasteiger partial charge in [0.25, 0.3) is 0 Å². The molecule has 7 heteroatoms. The van der Waals surface area contributed by atoms with Crippen LogP contribution in [-0.4, -0.2) is 35.6 Å². The zero-order valence-corrected chi connectivity index (χ0v) is 15.2. The van der Waals surface area contributed by atoms with E-state index in [0.29, 0.717) is 42.4 Å². The molecule has 4 rings (SSSR count). The number of nitrogens with zero attached hydrogens (tertiary/aromatic N) is 2. The Morgan fingerprint density at radius 2 is 1.89 bits per heavy atom. The molecule has 0 bridgehead atoms. The van der Waals surface area contributed by atoms with E-state index in [1.807, 2.05) is 24.3 Å². The van der Waals surface area contributed by atoms with Gasteiger partial charge in [-0.05, 0) is 36.8 Å². The Balaban J connectivity index is 1.55. The predicted molar refractivity (Wildman–Crippen MR) is 99.1 cm³/mol. The SMILES string of the molecule is CC(C(=O)N(C)Cc1ccc2c(c1)OCCO2)n1c(=O)oc2ccccc21. The van der Waals surface area contributed by atoms with Gasteiger partial charge in [-0.15, -0.1) is 0 Å². The number of oxazole rings is 1. The molecule has 0 aliphatic carbocycles. The van der Waals surface area contributed by atoms with Gasteiger partial charge >= 0.3 is 5.76 Å². The quantitative estimate of drug-likeness (QED) is 0.708. The summed E-state index contributed by atoms with van der Waals surface area (Å²) in [7, 11) is 1.71. The van der Waals surface area contributed by atoms with Gasteiger partial charge in [0.05, 0.1) is 5.52 Å². The number of aromatic nitrogens is 1. The fraction of sp³-hybridized carbons (Fsp3) is 0.300. The van der Waals surface area contributed by atoms with Crippen molar-refractivity contribution in [3.05, 3.63) is 58.6 Å². The third-order valence-corrected chi connectivity index (χ3v) is 4.67. The van der Waals surface area contributed by atoms with Crippen LogP contribution < -0.4 is 15.2 Å². The highest BCUT2D eigenvalue weighted by atomic mass is 16.6. The first-order valence-electron chi connectivity index (χ1n) is 8.78. The maximum atomic E-state index is 12.9. The van der Waals surface area contributed by atoms with Crippen LogP contribution in [0, 0.1) is 0 Å². The molecule has 0 saturated carbocycles. The smallest absolute Gasteiger partial charge is 0.420 e. The molecule has 7 nitrogen and oxygen atoms in total. The normalized spacial score (nSPS) is 14.1. The number of ether oxygens (including phenoxy) is 2. The molecule has 2 aromatic carbocycles. The van der Waals surface area contributed by atoms with E-state index in [4.69, 9.17) is 13.9 Å². The number of carbonyl (C=O) groups is 1. The molecule has 0 saturated heterocycles. The van der Waals surface area contributed by atoms with Crippen LogP contribution >= 0.6 is 0 Å². The first-order chi connectivity index (χ1) is 13.0. The van der Waals surface area contributed by atoms with Crippen molar-refractivity contribution in [1.82, 2.24) is 9.47 Å². The molecule has 0 fully saturated rings. The summed E-state index contributed by atoms with van der Waals surface area (Å²) in [4.78, 5) is 26.7. The zero-order valence-electron chi connectivity index (χ0n) is 15.2. The van der Waals surface area contributed by atoms with Crippen molar-refractivity contribution >= 4 is 17.0 Å². The maximum absolute atomic E-state index is 12.9. The minimum absolute atomic E-state index is 0.182. The highest BCUT2D eigenvalue weighted by Gasteiger charge is 2.24. The fourth-order valence-electron chi connectivity index (χ4n) is 3.32. The zero-order chi connectivity index (χ0) is 19.0. The van der Waals surface area contributed by atoms with Gasteiger partial charge < -0.3 is 18.8 Å². The highest BCUT2D eigenvalue weighted by Crippen LogP contribution is 2.31. The van der Waals surface area contributed by atoms with Crippen molar-refractivity contribution in [2.75, 3.05) is 20.3 Å². The molecular formula is C20H20N2O5. The van der Waals surface area contributed by atoms with Gasteiger partial charge in [-0.25, -0.2) is 4.79 Å². The lowest BCUT2D eigenvalue weighted by Crippen LogP contribution is -2.35. The summed E-state index contributed by atoms with van der Waals surface area (Å²) in [5.74, 6) is 0.678. The molecule has 27 heavy (non-hydrogen) atoms. The Hall–Kier alpha value is -3.22. The second kappa shape index (κ2) is 6.83. The molecule has 1 unspecified atom stereocenters. The highest BCUT2D eigenvalue weighted by molar-refractivity contribution is 5.82. The molecule has 0 radical (unpaired) electrons. The molecule has 1 aliphatic rings. The van der Waals surface area contributed by atoms with Crippen molar-refractivity contribution in [2.24, 2.45) is 0 Å². The first kappa shape index (κ1) is 17.2. The average molecular weight is 368 g/mol. The van der Waals surface area contributed by atoms with E-state index in [9.17, 15) is 9.59 Å². The summed E-state index contributed by atoms with van der Waals surface area (Å²) in [6, 6.07) is 12.0. The molecule has 2 heterocycles. The third-order valence-electron chi connectivity index (χ3n) is 4.67. The lowest BCUT2D eigenvalue weighted by molar-refractivity contribution is -0.133. The van der Waals surface area contributed by atoms with Crippen molar-refractivity contribution in [1.29, 1.82) is 0 Å². The second-order valence-corrected chi connectivity index (χ2v) is 6.55. The molecule has 1 amide bonds. The molecule has 1 aromatic heterocycles. The Morgan fingerprint density at radius 1 is 1.15 bits per heavy atom. The van der Waals surface area contributed by atoms with E-state index < -0.39 is 11.8 Å². The number of para-hydroxylation sites is 2. The summed E-state index contributed by atoms with van der Waals surface area (Å²) in [5, 5.41) is 0. The number of rotatable bonds is 4. The van der Waals surface area contributed by atoms with Gasteiger partial charge in [0, 0.05) is 13.6 Å². The Morgan fingerprint density at radius 3 is 2.70 bits per heavy atom. The van der Waals surface area contributed by atoms with Gasteiger partial charge in [-0.2, -0.15) is 0 Å². The van der Waals surface area contributed by atoms with Gasteiger partial charge in [0.1, 0.15) is 19.3 Å². The Bertz CT molecular complexity index is 1050. The van der Waals surface area contributed by atoms with E-state index in [2.05, 4.69) is 0 Å². The topological polar surface area (TPSA) is 73.9 Å². The van der Waals surface area contributed by atoms with Crippen molar-refractivity contribution < 1.29 is 18.7 Å². The number of fused-ring (bicyclic) bond motifs is 2. The number of likely N-dealkylation sites (N-methyl/N-ethyl adjacent to an activating group) is 1. The van der Waals surface area contributed by atoms with Gasteiger partial charge in [0.2, 0.25) is 5.91 Å². The van der Waals surface area contributed by atoms with Crippen LogP contribution in [0.4, 0.5) is 0 Å². The Kier molecular flexibility index (Phi) is 4.35. The van der Waals surface area contributed by atoms with E-state index in [-0.39, 0.29) is 5.91 Å². The van der Waals surface area contributed by atoms with E-state index in [0.717, 1.165) is 5.56 Å². The maximum Gasteiger partial charge on any atom is 0.420 e. The van der Waals surface area contributed by atoms with Crippen molar-refractivity contribution in [3.8, 4) is 11.5 Å². The predicted octanol–water partition coefficient (Wildman–Crippen LogP) is 2.59. The van der Waals surface area contributed by atoms with Crippen LogP contribution in [0.5, 0.6) is 11.5 Å². The first-order valence-corrected chi connectivity index (χ1v) is 8.78. The van der Waals surface area contributed by atoms with E-state index in [1.54, 1.807) is 37.1 Å². The molecule has 1 aliphatic heterocycles. The largest absolute Gasteiger partial charge is 0.486 e.